The molecule has 0 amide bonds. The monoisotopic (exact) mass is 398 g/mol. The first-order valence-electron chi connectivity index (χ1n) is 11.1. The average Bonchev–Trinajstić information content (AvgIpc) is 2.65. The van der Waals surface area contributed by atoms with Crippen LogP contribution in [0.5, 0.6) is 11.5 Å². The van der Waals surface area contributed by atoms with Gasteiger partial charge < -0.3 is 9.84 Å². The van der Waals surface area contributed by atoms with Crippen molar-refractivity contribution in [3.8, 4) is 11.5 Å². The van der Waals surface area contributed by atoms with E-state index in [-0.39, 0.29) is 6.10 Å². The van der Waals surface area contributed by atoms with Crippen LogP contribution in [0.3, 0.4) is 0 Å². The number of ether oxygens (including phenoxy) is 1. The molecule has 0 aliphatic rings. The fourth-order valence-corrected chi connectivity index (χ4v) is 3.36. The third-order valence-corrected chi connectivity index (χ3v) is 5.22. The lowest BCUT2D eigenvalue weighted by Crippen LogP contribution is -2.09. The minimum Gasteiger partial charge on any atom is -0.507 e. The van der Waals surface area contributed by atoms with Crippen LogP contribution in [0.1, 0.15) is 101 Å². The number of aromatic hydroxyl groups is 1. The van der Waals surface area contributed by atoms with Crippen molar-refractivity contribution in [3.05, 3.63) is 57.6 Å². The molecule has 0 unspecified atom stereocenters. The fraction of sp³-hybridized carbons (Fsp3) is 0.556. The maximum Gasteiger partial charge on any atom is 0.125 e. The molecule has 0 aliphatic carbocycles. The number of aryl methyl sites for hydroxylation is 4. The van der Waals surface area contributed by atoms with Gasteiger partial charge in [0.25, 0.3) is 0 Å². The summed E-state index contributed by atoms with van der Waals surface area (Å²) in [5, 5.41) is 9.70. The van der Waals surface area contributed by atoms with Crippen molar-refractivity contribution in [3.63, 3.8) is 0 Å². The molecule has 2 aromatic rings. The summed E-state index contributed by atoms with van der Waals surface area (Å²) in [4.78, 5) is 0. The van der Waals surface area contributed by atoms with E-state index in [4.69, 9.17) is 4.74 Å². The zero-order valence-corrected chi connectivity index (χ0v) is 20.3. The molecule has 0 aliphatic heterocycles. The van der Waals surface area contributed by atoms with Gasteiger partial charge in [-0.15, -0.1) is 0 Å². The molecule has 29 heavy (non-hydrogen) atoms. The minimum absolute atomic E-state index is 0.244. The second kappa shape index (κ2) is 11.3. The Labute approximate surface area is 179 Å². The lowest BCUT2D eigenvalue weighted by atomic mass is 9.96. The van der Waals surface area contributed by atoms with Gasteiger partial charge >= 0.3 is 0 Å². The summed E-state index contributed by atoms with van der Waals surface area (Å²) in [5.41, 5.74) is 7.36. The molecular formula is C27H42O2. The lowest BCUT2D eigenvalue weighted by molar-refractivity contribution is 0.238. The Hall–Kier alpha value is -1.96. The second-order valence-electron chi connectivity index (χ2n) is 8.85. The average molecular weight is 399 g/mol. The van der Waals surface area contributed by atoms with Crippen molar-refractivity contribution in [2.24, 2.45) is 0 Å². The van der Waals surface area contributed by atoms with Crippen molar-refractivity contribution < 1.29 is 9.84 Å². The van der Waals surface area contributed by atoms with Crippen molar-refractivity contribution in [2.75, 3.05) is 0 Å². The number of hydrogen-bond acceptors (Lipinski definition) is 2. The van der Waals surface area contributed by atoms with Crippen LogP contribution in [0.25, 0.3) is 0 Å². The van der Waals surface area contributed by atoms with Crippen LogP contribution in [0, 0.1) is 13.8 Å². The fourth-order valence-electron chi connectivity index (χ4n) is 3.36. The summed E-state index contributed by atoms with van der Waals surface area (Å²) >= 11 is 0. The van der Waals surface area contributed by atoms with Crippen molar-refractivity contribution in [1.82, 2.24) is 0 Å². The number of phenolic OH excluding ortho intramolecular Hbond substituents is 1. The molecule has 0 saturated carbocycles. The van der Waals surface area contributed by atoms with E-state index in [0.717, 1.165) is 29.7 Å². The van der Waals surface area contributed by atoms with Crippen LogP contribution in [0.4, 0.5) is 0 Å². The van der Waals surface area contributed by atoms with Gasteiger partial charge in [0.1, 0.15) is 11.5 Å². The summed E-state index contributed by atoms with van der Waals surface area (Å²) in [5.74, 6) is 2.66. The van der Waals surface area contributed by atoms with Crippen molar-refractivity contribution in [2.45, 2.75) is 100 Å². The smallest absolute Gasteiger partial charge is 0.125 e. The third kappa shape index (κ3) is 7.10. The van der Waals surface area contributed by atoms with E-state index in [9.17, 15) is 5.11 Å². The summed E-state index contributed by atoms with van der Waals surface area (Å²) in [6, 6.07) is 8.71. The lowest BCUT2D eigenvalue weighted by Gasteiger charge is -2.18. The van der Waals surface area contributed by atoms with Crippen LogP contribution in [-0.2, 0) is 12.8 Å². The molecular weight excluding hydrogens is 356 g/mol. The van der Waals surface area contributed by atoms with Gasteiger partial charge in [-0.2, -0.15) is 0 Å². The molecule has 0 heterocycles. The van der Waals surface area contributed by atoms with Crippen molar-refractivity contribution in [1.29, 1.82) is 0 Å². The number of hydrogen-bond donors (Lipinski definition) is 1. The van der Waals surface area contributed by atoms with E-state index in [0.29, 0.717) is 17.6 Å². The van der Waals surface area contributed by atoms with Gasteiger partial charge in [0.05, 0.1) is 6.10 Å². The van der Waals surface area contributed by atoms with Gasteiger partial charge in [0.2, 0.25) is 0 Å². The van der Waals surface area contributed by atoms with Gasteiger partial charge in [0, 0.05) is 0 Å². The van der Waals surface area contributed by atoms with Gasteiger partial charge in [-0.1, -0.05) is 65.8 Å². The Morgan fingerprint density at radius 2 is 1.17 bits per heavy atom. The molecule has 0 aromatic heterocycles. The Balaban J connectivity index is 0.000000296. The molecule has 0 bridgehead atoms. The maximum atomic E-state index is 9.70. The number of benzene rings is 2. The molecule has 0 saturated heterocycles. The standard InChI is InChI=1S/C15H24O.C12H18O/c1-7-13-9-14(10(2)3)8-12(6)15(13)16-11(4)5;1-5-10-7-11(8(2)3)6-9(4)12(10)13/h8-11H,7H2,1-6H3;6-8,13H,5H2,1-4H3. The van der Waals surface area contributed by atoms with Crippen LogP contribution in [-0.4, -0.2) is 11.2 Å². The maximum absolute atomic E-state index is 9.70. The quantitative estimate of drug-likeness (QED) is 0.536. The first-order chi connectivity index (χ1) is 13.5. The molecule has 2 rings (SSSR count). The largest absolute Gasteiger partial charge is 0.507 e. The summed E-state index contributed by atoms with van der Waals surface area (Å²) in [6.45, 7) is 21.3. The zero-order valence-electron chi connectivity index (χ0n) is 20.3. The predicted molar refractivity (Wildman–Crippen MR) is 127 cm³/mol. The first-order valence-corrected chi connectivity index (χ1v) is 11.1. The molecule has 2 heteroatoms. The van der Waals surface area contributed by atoms with E-state index >= 15 is 0 Å². The summed E-state index contributed by atoms with van der Waals surface area (Å²) in [7, 11) is 0. The normalized spacial score (nSPS) is 11.1. The summed E-state index contributed by atoms with van der Waals surface area (Å²) in [6.07, 6.45) is 2.17. The highest BCUT2D eigenvalue weighted by atomic mass is 16.5. The molecule has 0 spiro atoms. The molecule has 0 radical (unpaired) electrons. The molecule has 2 aromatic carbocycles. The molecule has 162 valence electrons. The van der Waals surface area contributed by atoms with Crippen molar-refractivity contribution >= 4 is 0 Å². The Kier molecular flexibility index (Phi) is 9.76. The summed E-state index contributed by atoms with van der Waals surface area (Å²) < 4.78 is 5.90. The molecule has 0 atom stereocenters. The SMILES string of the molecule is CCc1cc(C(C)C)cc(C)c1O.CCc1cc(C(C)C)cc(C)c1OC(C)C. The highest BCUT2D eigenvalue weighted by molar-refractivity contribution is 5.45. The van der Waals surface area contributed by atoms with Crippen LogP contribution in [0.2, 0.25) is 0 Å². The Bertz CT molecular complexity index is 786. The molecule has 2 nitrogen and oxygen atoms in total. The van der Waals surface area contributed by atoms with Gasteiger partial charge in [-0.25, -0.2) is 0 Å². The van der Waals surface area contributed by atoms with Gasteiger partial charge in [0.15, 0.2) is 0 Å². The third-order valence-electron chi connectivity index (χ3n) is 5.22. The first kappa shape index (κ1) is 25.1. The van der Waals surface area contributed by atoms with Gasteiger partial charge in [-0.05, 0) is 85.8 Å². The van der Waals surface area contributed by atoms with E-state index in [1.165, 1.54) is 22.3 Å². The van der Waals surface area contributed by atoms with Crippen LogP contribution in [0.15, 0.2) is 24.3 Å². The predicted octanol–water partition coefficient (Wildman–Crippen LogP) is 7.85. The molecule has 1 N–H and O–H groups in total. The second-order valence-corrected chi connectivity index (χ2v) is 8.85. The number of phenols is 1. The molecule has 0 fully saturated rings. The minimum atomic E-state index is 0.244. The number of rotatable bonds is 6. The highest BCUT2D eigenvalue weighted by Gasteiger charge is 2.11. The van der Waals surface area contributed by atoms with E-state index in [2.05, 4.69) is 86.6 Å². The van der Waals surface area contributed by atoms with E-state index < -0.39 is 0 Å². The zero-order chi connectivity index (χ0) is 22.3. The highest BCUT2D eigenvalue weighted by Crippen LogP contribution is 2.30. The Morgan fingerprint density at radius 3 is 1.59 bits per heavy atom. The van der Waals surface area contributed by atoms with E-state index in [1.54, 1.807) is 0 Å². The van der Waals surface area contributed by atoms with E-state index in [1.807, 2.05) is 6.92 Å². The van der Waals surface area contributed by atoms with Crippen LogP contribution < -0.4 is 4.74 Å². The van der Waals surface area contributed by atoms with Gasteiger partial charge in [-0.3, -0.25) is 0 Å². The van der Waals surface area contributed by atoms with Crippen LogP contribution >= 0.6 is 0 Å². The Morgan fingerprint density at radius 1 is 0.724 bits per heavy atom. The topological polar surface area (TPSA) is 29.5 Å².